The van der Waals surface area contributed by atoms with Gasteiger partial charge < -0.3 is 20.1 Å². The van der Waals surface area contributed by atoms with Crippen LogP contribution in [-0.4, -0.2) is 48.6 Å². The van der Waals surface area contributed by atoms with E-state index >= 15 is 0 Å². The predicted octanol–water partition coefficient (Wildman–Crippen LogP) is 3.57. The van der Waals surface area contributed by atoms with Gasteiger partial charge in [-0.2, -0.15) is 13.2 Å². The maximum absolute atomic E-state index is 14.8. The zero-order valence-corrected chi connectivity index (χ0v) is 25.1. The third kappa shape index (κ3) is 6.45. The number of thiazole rings is 1. The van der Waals surface area contributed by atoms with Crippen LogP contribution in [-0.2, 0) is 21.4 Å². The number of piperidine rings is 1. The van der Waals surface area contributed by atoms with Crippen LogP contribution in [0.2, 0.25) is 0 Å². The number of nitrogens with zero attached hydrogens (tertiary/aromatic N) is 1. The number of hydrogen-bond acceptors (Lipinski definition) is 4. The molecular formula is C31H39F5N3O3S+. The predicted molar refractivity (Wildman–Crippen MR) is 147 cm³/mol. The number of carboxylic acids is 1. The number of hydrogen-bond donors (Lipinski definition) is 1. The van der Waals surface area contributed by atoms with Gasteiger partial charge in [0, 0.05) is 31.5 Å². The summed E-state index contributed by atoms with van der Waals surface area (Å²) < 4.78 is 61.1. The number of nitrogens with two attached hydrogens (primary N) is 1. The minimum Gasteiger partial charge on any atom is -0.542 e. The lowest BCUT2D eigenvalue weighted by Crippen LogP contribution is -2.82. The third-order valence-corrected chi connectivity index (χ3v) is 11.3. The van der Waals surface area contributed by atoms with Crippen LogP contribution < -0.4 is 15.4 Å². The second-order valence-electron chi connectivity index (χ2n) is 12.5. The summed E-state index contributed by atoms with van der Waals surface area (Å²) in [6, 6.07) is 4.28. The van der Waals surface area contributed by atoms with E-state index in [2.05, 4.69) is 22.1 Å². The Morgan fingerprint density at radius 3 is 2.42 bits per heavy atom. The van der Waals surface area contributed by atoms with Gasteiger partial charge in [-0.25, -0.2) is 13.8 Å². The maximum atomic E-state index is 14.8. The lowest BCUT2D eigenvalue weighted by Gasteiger charge is -2.46. The summed E-state index contributed by atoms with van der Waals surface area (Å²) in [5, 5.41) is 12.4. The summed E-state index contributed by atoms with van der Waals surface area (Å²) >= 11 is 1.85. The molecule has 3 N–H and O–H groups in total. The molecule has 1 spiro atoms. The van der Waals surface area contributed by atoms with Crippen LogP contribution in [0, 0.1) is 30.4 Å². The van der Waals surface area contributed by atoms with Crippen LogP contribution in [0.15, 0.2) is 18.2 Å². The number of alkyl halides is 3. The number of amides is 1. The molecule has 1 amide bonds. The van der Waals surface area contributed by atoms with E-state index in [9.17, 15) is 26.7 Å². The van der Waals surface area contributed by atoms with Crippen molar-refractivity contribution in [1.82, 2.24) is 4.90 Å². The topological polar surface area (TPSA) is 91.2 Å². The number of fused-ring (bicyclic) bond motifs is 2. The Morgan fingerprint density at radius 1 is 1.09 bits per heavy atom. The van der Waals surface area contributed by atoms with Crippen molar-refractivity contribution in [2.45, 2.75) is 94.7 Å². The molecule has 1 aromatic carbocycles. The van der Waals surface area contributed by atoms with E-state index in [1.807, 2.05) is 11.3 Å². The molecule has 1 aromatic heterocycles. The summed E-state index contributed by atoms with van der Waals surface area (Å²) in [5.74, 6) is -3.34. The number of halogens is 5. The van der Waals surface area contributed by atoms with E-state index in [1.165, 1.54) is 53.0 Å². The summed E-state index contributed by atoms with van der Waals surface area (Å²) in [6.45, 7) is 4.56. The molecule has 0 radical (unpaired) electrons. The van der Waals surface area contributed by atoms with Crippen molar-refractivity contribution in [1.29, 1.82) is 0 Å². The van der Waals surface area contributed by atoms with E-state index in [4.69, 9.17) is 9.90 Å². The van der Waals surface area contributed by atoms with Gasteiger partial charge in [-0.1, -0.05) is 36.7 Å². The Bertz CT molecular complexity index is 1310. The highest BCUT2D eigenvalue weighted by Gasteiger charge is 2.57. The Balaban J connectivity index is 0.000000472. The van der Waals surface area contributed by atoms with Crippen LogP contribution in [0.25, 0.3) is 0 Å². The van der Waals surface area contributed by atoms with Crippen molar-refractivity contribution in [3.63, 3.8) is 0 Å². The van der Waals surface area contributed by atoms with Gasteiger partial charge >= 0.3 is 6.18 Å². The number of likely N-dealkylation sites (tertiary alicyclic amines) is 1. The number of carbonyl (C=O) groups is 2. The van der Waals surface area contributed by atoms with E-state index in [-0.39, 0.29) is 28.9 Å². The number of quaternary nitrogens is 1. The van der Waals surface area contributed by atoms with Crippen LogP contribution in [0.1, 0.15) is 84.8 Å². The van der Waals surface area contributed by atoms with Gasteiger partial charge in [0.2, 0.25) is 10.9 Å². The van der Waals surface area contributed by atoms with E-state index in [0.29, 0.717) is 31.2 Å². The largest absolute Gasteiger partial charge is 0.542 e. The molecule has 2 saturated heterocycles. The molecule has 43 heavy (non-hydrogen) atoms. The fourth-order valence-electron chi connectivity index (χ4n) is 8.12. The number of carboxylic acid groups (broad SMARTS) is 1. The molecule has 4 aliphatic rings. The first-order valence-corrected chi connectivity index (χ1v) is 16.1. The molecule has 6 rings (SSSR count). The van der Waals surface area contributed by atoms with E-state index in [1.54, 1.807) is 0 Å². The average molecular weight is 629 g/mol. The van der Waals surface area contributed by atoms with Crippen LogP contribution in [0.3, 0.4) is 0 Å². The molecule has 4 atom stereocenters. The molecule has 0 unspecified atom stereocenters. The highest BCUT2D eigenvalue weighted by atomic mass is 32.1. The van der Waals surface area contributed by atoms with Crippen LogP contribution in [0.4, 0.5) is 22.0 Å². The van der Waals surface area contributed by atoms with Crippen LogP contribution >= 0.6 is 11.3 Å². The number of H-pyrrole nitrogens is 1. The molecular weight excluding hydrogens is 589 g/mol. The quantitative estimate of drug-likeness (QED) is 0.528. The summed E-state index contributed by atoms with van der Waals surface area (Å²) in [4.78, 5) is 30.5. The lowest BCUT2D eigenvalue weighted by atomic mass is 9.68. The number of aliphatic carboxylic acids is 1. The van der Waals surface area contributed by atoms with Gasteiger partial charge in [0.25, 0.3) is 0 Å². The standard InChI is InChI=1S/C29H37F2N3OS.C2HF3O2/c1-18-33-24-11-6-13-29(27(24)36-18)17-32-16-21(29)28(35)34-14-12-20(26-22(30)9-5-10-23(26)31)15-25(34)19-7-3-2-4-8-19;3-2(4,5)1(6)7/h5,9-10,19-21,25,32H,2-4,6-8,11-17H2,1H3;(H,6,7)/p+1/t20-,21+,25+,29-;/m1./s1. The normalized spacial score (nSPS) is 27.9. The fourth-order valence-corrected chi connectivity index (χ4v) is 9.41. The third-order valence-electron chi connectivity index (χ3n) is 10.00. The molecule has 2 aliphatic carbocycles. The SMILES string of the molecule is Cc1[nH+]c2c(s1)[C@]1(CCC2)C[NH2+]C[C@H]1C(=O)N1CC[C@@H](c2c(F)cccc2F)C[C@H]1C1CCCCC1.O=C([O-])C(F)(F)F. The Kier molecular flexibility index (Phi) is 9.46. The average Bonchev–Trinajstić information content (AvgIpc) is 3.57. The second-order valence-corrected chi connectivity index (χ2v) is 13.7. The first kappa shape index (κ1) is 31.8. The summed E-state index contributed by atoms with van der Waals surface area (Å²) in [7, 11) is 0. The Labute approximate surface area is 252 Å². The van der Waals surface area contributed by atoms with Crippen molar-refractivity contribution in [2.75, 3.05) is 19.6 Å². The van der Waals surface area contributed by atoms with Gasteiger partial charge in [0.15, 0.2) is 5.69 Å². The number of benzene rings is 1. The number of aryl methyl sites for hydroxylation is 2. The molecule has 2 aromatic rings. The Morgan fingerprint density at radius 2 is 1.77 bits per heavy atom. The highest BCUT2D eigenvalue weighted by molar-refractivity contribution is 7.11. The molecule has 0 bridgehead atoms. The van der Waals surface area contributed by atoms with E-state index < -0.39 is 23.8 Å². The zero-order valence-electron chi connectivity index (χ0n) is 24.3. The minimum absolute atomic E-state index is 0.0177. The molecule has 6 nitrogen and oxygen atoms in total. The van der Waals surface area contributed by atoms with Gasteiger partial charge in [-0.05, 0) is 62.5 Å². The van der Waals surface area contributed by atoms with Gasteiger partial charge in [0.05, 0.1) is 23.4 Å². The van der Waals surface area contributed by atoms with Gasteiger partial charge in [0.1, 0.15) is 23.5 Å². The second kappa shape index (κ2) is 12.8. The van der Waals surface area contributed by atoms with Crippen molar-refractivity contribution >= 4 is 23.2 Å². The number of aromatic amines is 1. The molecule has 2 aliphatic heterocycles. The van der Waals surface area contributed by atoms with Crippen LogP contribution in [0.5, 0.6) is 0 Å². The van der Waals surface area contributed by atoms with E-state index in [0.717, 1.165) is 45.2 Å². The van der Waals surface area contributed by atoms with Crippen molar-refractivity contribution < 1.29 is 46.9 Å². The number of rotatable bonds is 3. The summed E-state index contributed by atoms with van der Waals surface area (Å²) in [6.07, 6.45) is 5.25. The van der Waals surface area contributed by atoms with Crippen molar-refractivity contribution in [3.05, 3.63) is 51.0 Å². The smallest absolute Gasteiger partial charge is 0.430 e. The molecule has 1 saturated carbocycles. The zero-order chi connectivity index (χ0) is 30.9. The molecule has 236 valence electrons. The highest BCUT2D eigenvalue weighted by Crippen LogP contribution is 2.47. The first-order valence-electron chi connectivity index (χ1n) is 15.3. The molecule has 3 heterocycles. The minimum atomic E-state index is -5.19. The van der Waals surface area contributed by atoms with Gasteiger partial charge in [-0.15, -0.1) is 0 Å². The van der Waals surface area contributed by atoms with Crippen molar-refractivity contribution in [3.8, 4) is 0 Å². The molecule has 12 heteroatoms. The van der Waals surface area contributed by atoms with Crippen molar-refractivity contribution in [2.24, 2.45) is 11.8 Å². The first-order chi connectivity index (χ1) is 20.4. The van der Waals surface area contributed by atoms with Gasteiger partial charge in [-0.3, -0.25) is 4.79 Å². The lowest BCUT2D eigenvalue weighted by molar-refractivity contribution is -0.640. The maximum Gasteiger partial charge on any atom is 0.430 e. The number of nitrogens with one attached hydrogen (secondary N) is 1. The number of carbonyl (C=O) groups excluding carboxylic acids is 2. The Hall–Kier alpha value is -2.60. The monoisotopic (exact) mass is 628 g/mol. The summed E-state index contributed by atoms with van der Waals surface area (Å²) in [5.41, 5.74) is 1.50. The molecule has 3 fully saturated rings. The number of aromatic nitrogens is 1. The fraction of sp³-hybridized carbons (Fsp3) is 0.645.